The number of aromatic hydroxyl groups is 1. The summed E-state index contributed by atoms with van der Waals surface area (Å²) in [5.74, 6) is -0.725. The van der Waals surface area contributed by atoms with Crippen LogP contribution in [0, 0.1) is 0 Å². The van der Waals surface area contributed by atoms with Crippen LogP contribution in [0.15, 0.2) is 42.5 Å². The Bertz CT molecular complexity index is 884. The number of hydrogen-bond donors (Lipinski definition) is 5. The molecule has 0 aliphatic carbocycles. The third kappa shape index (κ3) is 5.15. The molecule has 0 radical (unpaired) electrons. The van der Waals surface area contributed by atoms with Gasteiger partial charge in [0.1, 0.15) is 47.2 Å². The molecule has 9 heteroatoms. The number of hydrogen-bond acceptors (Lipinski definition) is 9. The van der Waals surface area contributed by atoms with Gasteiger partial charge >= 0.3 is 0 Å². The van der Waals surface area contributed by atoms with Crippen molar-refractivity contribution in [3.63, 3.8) is 0 Å². The van der Waals surface area contributed by atoms with Crippen LogP contribution in [0.4, 0.5) is 0 Å². The molecule has 0 bridgehead atoms. The lowest BCUT2D eigenvalue weighted by Gasteiger charge is -2.39. The fraction of sp³-hybridized carbons (Fsp3) is 0.409. The predicted octanol–water partition coefficient (Wildman–Crippen LogP) is 0.395. The summed E-state index contributed by atoms with van der Waals surface area (Å²) in [6.07, 6.45) is -7.04. The van der Waals surface area contributed by atoms with Gasteiger partial charge in [-0.2, -0.15) is 0 Å². The molecule has 31 heavy (non-hydrogen) atoms. The van der Waals surface area contributed by atoms with Gasteiger partial charge in [-0.25, -0.2) is 0 Å². The Morgan fingerprint density at radius 1 is 1.06 bits per heavy atom. The van der Waals surface area contributed by atoms with Gasteiger partial charge in [0.2, 0.25) is 6.29 Å². The molecule has 2 aromatic carbocycles. The summed E-state index contributed by atoms with van der Waals surface area (Å²) >= 11 is 0. The van der Waals surface area contributed by atoms with E-state index in [9.17, 15) is 30.3 Å². The van der Waals surface area contributed by atoms with Gasteiger partial charge in [-0.1, -0.05) is 30.3 Å². The zero-order valence-corrected chi connectivity index (χ0v) is 16.9. The van der Waals surface area contributed by atoms with Crippen LogP contribution in [0.2, 0.25) is 0 Å². The molecule has 0 aromatic heterocycles. The van der Waals surface area contributed by atoms with Gasteiger partial charge in [-0.3, -0.25) is 4.79 Å². The molecule has 1 aliphatic rings. The Balaban J connectivity index is 1.86. The smallest absolute Gasteiger partial charge is 0.229 e. The molecule has 5 unspecified atom stereocenters. The minimum atomic E-state index is -1.67. The number of phenolic OH excluding ortho intramolecular Hbond substituents is 1. The average molecular weight is 434 g/mol. The van der Waals surface area contributed by atoms with Crippen molar-refractivity contribution in [1.82, 2.24) is 0 Å². The van der Waals surface area contributed by atoms with Crippen molar-refractivity contribution in [2.75, 3.05) is 13.7 Å². The van der Waals surface area contributed by atoms with Crippen molar-refractivity contribution in [1.29, 1.82) is 0 Å². The lowest BCUT2D eigenvalue weighted by Crippen LogP contribution is -2.60. The van der Waals surface area contributed by atoms with Crippen LogP contribution >= 0.6 is 0 Å². The van der Waals surface area contributed by atoms with E-state index in [2.05, 4.69) is 0 Å². The maximum absolute atomic E-state index is 12.9. The molecule has 1 heterocycles. The van der Waals surface area contributed by atoms with E-state index in [0.717, 1.165) is 5.56 Å². The quantitative estimate of drug-likeness (QED) is 0.373. The third-order valence-electron chi connectivity index (χ3n) is 5.14. The van der Waals surface area contributed by atoms with Crippen molar-refractivity contribution in [2.24, 2.45) is 0 Å². The lowest BCUT2D eigenvalue weighted by atomic mass is 9.99. The first-order chi connectivity index (χ1) is 14.8. The molecule has 1 fully saturated rings. The number of phenols is 1. The van der Waals surface area contributed by atoms with E-state index in [4.69, 9.17) is 14.2 Å². The molecule has 9 nitrogen and oxygen atoms in total. The molecule has 1 aliphatic heterocycles. The molecule has 1 saturated heterocycles. The molecule has 0 spiro atoms. The van der Waals surface area contributed by atoms with E-state index < -0.39 is 43.1 Å². The number of Topliss-reactive ketones (excluding diaryl/α,β-unsaturated/α-hetero) is 1. The van der Waals surface area contributed by atoms with E-state index in [1.54, 1.807) is 0 Å². The van der Waals surface area contributed by atoms with Gasteiger partial charge in [-0.05, 0) is 12.0 Å². The number of ether oxygens (including phenoxy) is 3. The highest BCUT2D eigenvalue weighted by Gasteiger charge is 2.45. The zero-order chi connectivity index (χ0) is 22.5. The van der Waals surface area contributed by atoms with Crippen molar-refractivity contribution >= 4 is 5.78 Å². The summed E-state index contributed by atoms with van der Waals surface area (Å²) in [6.45, 7) is -0.628. The Hall–Kier alpha value is -2.69. The van der Waals surface area contributed by atoms with Gasteiger partial charge in [0.15, 0.2) is 5.78 Å². The molecule has 0 amide bonds. The van der Waals surface area contributed by atoms with Crippen molar-refractivity contribution in [3.05, 3.63) is 53.6 Å². The van der Waals surface area contributed by atoms with E-state index >= 15 is 0 Å². The summed E-state index contributed by atoms with van der Waals surface area (Å²) in [6, 6.07) is 12.0. The first kappa shape index (κ1) is 23.0. The van der Waals surface area contributed by atoms with E-state index in [1.165, 1.54) is 19.2 Å². The van der Waals surface area contributed by atoms with Gasteiger partial charge in [0.05, 0.1) is 13.7 Å². The highest BCUT2D eigenvalue weighted by molar-refractivity contribution is 6.01. The maximum Gasteiger partial charge on any atom is 0.229 e. The minimum absolute atomic E-state index is 0.0783. The Labute approximate surface area is 179 Å². The van der Waals surface area contributed by atoms with Crippen molar-refractivity contribution in [2.45, 2.75) is 43.5 Å². The molecule has 0 saturated carbocycles. The van der Waals surface area contributed by atoms with Gasteiger partial charge in [-0.15, -0.1) is 0 Å². The number of ketones is 1. The van der Waals surface area contributed by atoms with Crippen LogP contribution in [-0.2, 0) is 11.2 Å². The van der Waals surface area contributed by atoms with E-state index in [1.807, 2.05) is 30.3 Å². The second kappa shape index (κ2) is 10.1. The highest BCUT2D eigenvalue weighted by Crippen LogP contribution is 2.36. The Kier molecular flexibility index (Phi) is 7.47. The number of carbonyl (C=O) groups excluding carboxylic acids is 1. The van der Waals surface area contributed by atoms with Crippen LogP contribution in [0.5, 0.6) is 17.2 Å². The predicted molar refractivity (Wildman–Crippen MR) is 108 cm³/mol. The minimum Gasteiger partial charge on any atom is -0.507 e. The molecule has 168 valence electrons. The standard InChI is InChI=1S/C22H26O9/c1-29-13-9-15(25)18(14(24)8-7-12-5-3-2-4-6-12)16(10-13)30-22-21(28)20(27)19(26)17(11-23)31-22/h2-6,9-10,17,19-23,25-28H,7-8,11H2,1H3. The Morgan fingerprint density at radius 2 is 1.77 bits per heavy atom. The van der Waals surface area contributed by atoms with Crippen LogP contribution in [0.3, 0.4) is 0 Å². The summed E-state index contributed by atoms with van der Waals surface area (Å²) in [5.41, 5.74) is 0.814. The second-order valence-electron chi connectivity index (χ2n) is 7.24. The average Bonchev–Trinajstić information content (AvgIpc) is 2.78. The zero-order valence-electron chi connectivity index (χ0n) is 16.9. The third-order valence-corrected chi connectivity index (χ3v) is 5.14. The summed E-state index contributed by atoms with van der Waals surface area (Å²) < 4.78 is 16.1. The van der Waals surface area contributed by atoms with Gasteiger partial charge < -0.3 is 39.7 Å². The second-order valence-corrected chi connectivity index (χ2v) is 7.24. The molecule has 5 atom stereocenters. The van der Waals surface area contributed by atoms with Crippen molar-refractivity contribution in [3.8, 4) is 17.2 Å². The fourth-order valence-electron chi connectivity index (χ4n) is 3.38. The summed E-state index contributed by atoms with van der Waals surface area (Å²) in [5, 5.41) is 49.9. The topological polar surface area (TPSA) is 146 Å². The first-order valence-corrected chi connectivity index (χ1v) is 9.81. The fourth-order valence-corrected chi connectivity index (χ4v) is 3.38. The van der Waals surface area contributed by atoms with Crippen LogP contribution < -0.4 is 9.47 Å². The van der Waals surface area contributed by atoms with Crippen LogP contribution in [0.25, 0.3) is 0 Å². The highest BCUT2D eigenvalue weighted by atomic mass is 16.7. The molecule has 5 N–H and O–H groups in total. The number of aliphatic hydroxyl groups is 4. The summed E-state index contributed by atoms with van der Waals surface area (Å²) in [7, 11) is 1.36. The normalized spacial score (nSPS) is 25.8. The number of carbonyl (C=O) groups is 1. The maximum atomic E-state index is 12.9. The van der Waals surface area contributed by atoms with Gasteiger partial charge in [0.25, 0.3) is 0 Å². The molecular weight excluding hydrogens is 408 g/mol. The monoisotopic (exact) mass is 434 g/mol. The van der Waals surface area contributed by atoms with E-state index in [-0.39, 0.29) is 29.2 Å². The SMILES string of the molecule is COc1cc(O)c(C(=O)CCc2ccccc2)c(OC2OC(CO)C(O)C(O)C2O)c1. The van der Waals surface area contributed by atoms with Gasteiger partial charge in [0, 0.05) is 18.6 Å². The number of rotatable bonds is 8. The molecule has 3 rings (SSSR count). The van der Waals surface area contributed by atoms with E-state index in [0.29, 0.717) is 6.42 Å². The number of methoxy groups -OCH3 is 1. The molecule has 2 aromatic rings. The Morgan fingerprint density at radius 3 is 2.42 bits per heavy atom. The number of benzene rings is 2. The lowest BCUT2D eigenvalue weighted by molar-refractivity contribution is -0.277. The number of aryl methyl sites for hydroxylation is 1. The summed E-state index contributed by atoms with van der Waals surface area (Å²) in [4.78, 5) is 12.9. The van der Waals surface area contributed by atoms with Crippen LogP contribution in [0.1, 0.15) is 22.3 Å². The van der Waals surface area contributed by atoms with Crippen LogP contribution in [-0.4, -0.2) is 75.7 Å². The van der Waals surface area contributed by atoms with Crippen molar-refractivity contribution < 1.29 is 44.5 Å². The molecular formula is C22H26O9. The largest absolute Gasteiger partial charge is 0.507 e. The number of aliphatic hydroxyl groups excluding tert-OH is 4. The first-order valence-electron chi connectivity index (χ1n) is 9.81.